The molecule has 144 valence electrons. The summed E-state index contributed by atoms with van der Waals surface area (Å²) in [5.41, 5.74) is 1.75. The summed E-state index contributed by atoms with van der Waals surface area (Å²) in [6, 6.07) is 14.3. The number of ether oxygens (including phenoxy) is 1. The van der Waals surface area contributed by atoms with Crippen molar-refractivity contribution < 1.29 is 19.1 Å². The molecular formula is C21H20N2O4S. The highest BCUT2D eigenvalue weighted by Gasteiger charge is 2.18. The molecule has 6 nitrogen and oxygen atoms in total. The molecule has 0 saturated heterocycles. The van der Waals surface area contributed by atoms with Crippen LogP contribution in [0.1, 0.15) is 32.5 Å². The molecule has 28 heavy (non-hydrogen) atoms. The van der Waals surface area contributed by atoms with Gasteiger partial charge in [-0.2, -0.15) is 0 Å². The number of rotatable bonds is 6. The minimum absolute atomic E-state index is 0.217. The lowest BCUT2D eigenvalue weighted by Gasteiger charge is -2.08. The van der Waals surface area contributed by atoms with Crippen LogP contribution < -0.4 is 10.6 Å². The van der Waals surface area contributed by atoms with Crippen molar-refractivity contribution in [1.82, 2.24) is 5.32 Å². The third-order valence-corrected chi connectivity index (χ3v) is 5.36. The zero-order valence-electron chi connectivity index (χ0n) is 15.6. The summed E-state index contributed by atoms with van der Waals surface area (Å²) in [5.74, 6) is -1.21. The SMILES string of the molecule is CCNC(=O)c1cccc(NC(=O)COC(=O)c2sc3ccccc3c2C)c1. The number of aryl methyl sites for hydroxylation is 1. The highest BCUT2D eigenvalue weighted by molar-refractivity contribution is 7.21. The molecule has 0 aliphatic rings. The van der Waals surface area contributed by atoms with Gasteiger partial charge in [-0.25, -0.2) is 4.79 Å². The number of fused-ring (bicyclic) bond motifs is 1. The fourth-order valence-electron chi connectivity index (χ4n) is 2.76. The first kappa shape index (κ1) is 19.6. The molecule has 0 aliphatic carbocycles. The molecular weight excluding hydrogens is 376 g/mol. The van der Waals surface area contributed by atoms with Crippen LogP contribution >= 0.6 is 11.3 Å². The van der Waals surface area contributed by atoms with Gasteiger partial charge in [0, 0.05) is 22.5 Å². The molecule has 1 aromatic heterocycles. The molecule has 0 fully saturated rings. The van der Waals surface area contributed by atoms with Crippen LogP contribution in [0.25, 0.3) is 10.1 Å². The predicted octanol–water partition coefficient (Wildman–Crippen LogP) is 3.75. The highest BCUT2D eigenvalue weighted by Crippen LogP contribution is 2.30. The summed E-state index contributed by atoms with van der Waals surface area (Å²) in [4.78, 5) is 36.9. The maximum Gasteiger partial charge on any atom is 0.349 e. The van der Waals surface area contributed by atoms with E-state index < -0.39 is 18.5 Å². The average Bonchev–Trinajstić information content (AvgIpc) is 3.03. The third-order valence-electron chi connectivity index (χ3n) is 4.11. The summed E-state index contributed by atoms with van der Waals surface area (Å²) >= 11 is 1.35. The van der Waals surface area contributed by atoms with E-state index in [2.05, 4.69) is 10.6 Å². The minimum atomic E-state index is -0.523. The van der Waals surface area contributed by atoms with Gasteiger partial charge in [-0.3, -0.25) is 9.59 Å². The largest absolute Gasteiger partial charge is 0.451 e. The Hall–Kier alpha value is -3.19. The third kappa shape index (κ3) is 4.37. The smallest absolute Gasteiger partial charge is 0.349 e. The Bertz CT molecular complexity index is 1040. The van der Waals surface area contributed by atoms with Crippen molar-refractivity contribution in [2.45, 2.75) is 13.8 Å². The van der Waals surface area contributed by atoms with Crippen molar-refractivity contribution in [2.75, 3.05) is 18.5 Å². The van der Waals surface area contributed by atoms with Gasteiger partial charge in [-0.1, -0.05) is 24.3 Å². The second-order valence-corrected chi connectivity index (χ2v) is 7.17. The number of hydrogen-bond acceptors (Lipinski definition) is 5. The van der Waals surface area contributed by atoms with Crippen LogP contribution in [0.3, 0.4) is 0 Å². The molecule has 1 heterocycles. The quantitative estimate of drug-likeness (QED) is 0.622. The number of hydrogen-bond donors (Lipinski definition) is 2. The zero-order chi connectivity index (χ0) is 20.1. The predicted molar refractivity (Wildman–Crippen MR) is 110 cm³/mol. The van der Waals surface area contributed by atoms with Gasteiger partial charge < -0.3 is 15.4 Å². The molecule has 0 spiro atoms. The fourth-order valence-corrected chi connectivity index (χ4v) is 3.87. The van der Waals surface area contributed by atoms with E-state index in [0.29, 0.717) is 22.7 Å². The molecule has 2 amide bonds. The zero-order valence-corrected chi connectivity index (χ0v) is 16.4. The maximum absolute atomic E-state index is 12.4. The van der Waals surface area contributed by atoms with E-state index in [1.54, 1.807) is 24.3 Å². The maximum atomic E-state index is 12.4. The first-order valence-corrected chi connectivity index (χ1v) is 9.64. The number of anilines is 1. The first-order valence-electron chi connectivity index (χ1n) is 8.83. The highest BCUT2D eigenvalue weighted by atomic mass is 32.1. The van der Waals surface area contributed by atoms with Crippen LogP contribution in [-0.2, 0) is 9.53 Å². The second kappa shape index (κ2) is 8.67. The van der Waals surface area contributed by atoms with Gasteiger partial charge >= 0.3 is 5.97 Å². The lowest BCUT2D eigenvalue weighted by molar-refractivity contribution is -0.119. The number of carbonyl (C=O) groups is 3. The number of nitrogens with one attached hydrogen (secondary N) is 2. The molecule has 7 heteroatoms. The Morgan fingerprint density at radius 3 is 2.61 bits per heavy atom. The van der Waals surface area contributed by atoms with E-state index in [9.17, 15) is 14.4 Å². The summed E-state index contributed by atoms with van der Waals surface area (Å²) in [6.07, 6.45) is 0. The van der Waals surface area contributed by atoms with E-state index in [-0.39, 0.29) is 5.91 Å². The van der Waals surface area contributed by atoms with E-state index >= 15 is 0 Å². The lowest BCUT2D eigenvalue weighted by atomic mass is 10.1. The van der Waals surface area contributed by atoms with Gasteiger partial charge in [0.15, 0.2) is 6.61 Å². The van der Waals surface area contributed by atoms with Crippen LogP contribution in [0.15, 0.2) is 48.5 Å². The normalized spacial score (nSPS) is 10.5. The van der Waals surface area contributed by atoms with Gasteiger partial charge in [0.1, 0.15) is 4.88 Å². The molecule has 0 radical (unpaired) electrons. The Balaban J connectivity index is 1.61. The second-order valence-electron chi connectivity index (χ2n) is 6.12. The minimum Gasteiger partial charge on any atom is -0.451 e. The number of benzene rings is 2. The standard InChI is InChI=1S/C21H20N2O4S/c1-3-22-20(25)14-7-6-8-15(11-14)23-18(24)12-27-21(26)19-13(2)16-9-4-5-10-17(16)28-19/h4-11H,3,12H2,1-2H3,(H,22,25)(H,23,24). The first-order chi connectivity index (χ1) is 13.5. The Kier molecular flexibility index (Phi) is 6.06. The molecule has 0 bridgehead atoms. The van der Waals surface area contributed by atoms with Crippen molar-refractivity contribution in [2.24, 2.45) is 0 Å². The number of thiophene rings is 1. The number of amides is 2. The van der Waals surface area contributed by atoms with Crippen molar-refractivity contribution in [3.8, 4) is 0 Å². The monoisotopic (exact) mass is 396 g/mol. The van der Waals surface area contributed by atoms with E-state index in [4.69, 9.17) is 4.74 Å². The van der Waals surface area contributed by atoms with Gasteiger partial charge in [-0.15, -0.1) is 11.3 Å². The van der Waals surface area contributed by atoms with Crippen molar-refractivity contribution in [3.05, 3.63) is 64.5 Å². The van der Waals surface area contributed by atoms with Gasteiger partial charge in [-0.05, 0) is 49.1 Å². The van der Waals surface area contributed by atoms with Crippen LogP contribution in [0.4, 0.5) is 5.69 Å². The van der Waals surface area contributed by atoms with Crippen molar-refractivity contribution >= 4 is 44.9 Å². The molecule has 3 aromatic rings. The summed E-state index contributed by atoms with van der Waals surface area (Å²) < 4.78 is 6.17. The van der Waals surface area contributed by atoms with Crippen LogP contribution in [0.2, 0.25) is 0 Å². The van der Waals surface area contributed by atoms with Crippen LogP contribution in [0.5, 0.6) is 0 Å². The number of carbonyl (C=O) groups excluding carboxylic acids is 3. The van der Waals surface area contributed by atoms with Crippen molar-refractivity contribution in [3.63, 3.8) is 0 Å². The van der Waals surface area contributed by atoms with Gasteiger partial charge in [0.05, 0.1) is 0 Å². The Labute approximate surface area is 166 Å². The average molecular weight is 396 g/mol. The fraction of sp³-hybridized carbons (Fsp3) is 0.190. The van der Waals surface area contributed by atoms with E-state index in [1.165, 1.54) is 11.3 Å². The summed E-state index contributed by atoms with van der Waals surface area (Å²) in [7, 11) is 0. The summed E-state index contributed by atoms with van der Waals surface area (Å²) in [5, 5.41) is 6.34. The molecule has 0 saturated carbocycles. The molecule has 3 rings (SSSR count). The molecule has 0 atom stereocenters. The van der Waals surface area contributed by atoms with Crippen molar-refractivity contribution in [1.29, 1.82) is 0 Å². The molecule has 2 aromatic carbocycles. The van der Waals surface area contributed by atoms with E-state index in [1.807, 2.05) is 38.1 Å². The van der Waals surface area contributed by atoms with Crippen LogP contribution in [-0.4, -0.2) is 30.9 Å². The van der Waals surface area contributed by atoms with Gasteiger partial charge in [0.25, 0.3) is 11.8 Å². The number of esters is 1. The summed E-state index contributed by atoms with van der Waals surface area (Å²) in [6.45, 7) is 3.80. The molecule has 0 aliphatic heterocycles. The Morgan fingerprint density at radius 1 is 1.07 bits per heavy atom. The van der Waals surface area contributed by atoms with Gasteiger partial charge in [0.2, 0.25) is 0 Å². The molecule has 0 unspecified atom stereocenters. The van der Waals surface area contributed by atoms with E-state index in [0.717, 1.165) is 15.6 Å². The molecule has 2 N–H and O–H groups in total. The lowest BCUT2D eigenvalue weighted by Crippen LogP contribution is -2.23. The Morgan fingerprint density at radius 2 is 1.86 bits per heavy atom. The van der Waals surface area contributed by atoms with Crippen LogP contribution in [0, 0.1) is 6.92 Å². The topological polar surface area (TPSA) is 84.5 Å².